The normalized spacial score (nSPS) is 23.2. The number of hydrogen-bond acceptors (Lipinski definition) is 4. The molecule has 1 aliphatic carbocycles. The molecule has 1 aromatic heterocycles. The highest BCUT2D eigenvalue weighted by molar-refractivity contribution is 5.92. The number of esters is 1. The van der Waals surface area contributed by atoms with Crippen LogP contribution in [0.25, 0.3) is 0 Å². The first-order valence-corrected chi connectivity index (χ1v) is 6.06. The Morgan fingerprint density at radius 3 is 2.76 bits per heavy atom. The van der Waals surface area contributed by atoms with E-state index >= 15 is 0 Å². The van der Waals surface area contributed by atoms with Crippen LogP contribution in [0.3, 0.4) is 0 Å². The summed E-state index contributed by atoms with van der Waals surface area (Å²) in [7, 11) is 0. The number of aromatic nitrogens is 2. The fraction of sp³-hybridized carbons (Fsp3) is 0.667. The number of carbonyl (C=O) groups is 1. The maximum absolute atomic E-state index is 11.6. The molecule has 2 N–H and O–H groups in total. The quantitative estimate of drug-likeness (QED) is 0.815. The first-order chi connectivity index (χ1) is 8.04. The molecule has 2 rings (SSSR count). The van der Waals surface area contributed by atoms with E-state index in [1.807, 2.05) is 11.5 Å². The number of anilines is 1. The minimum absolute atomic E-state index is 0.254. The van der Waals surface area contributed by atoms with Gasteiger partial charge in [-0.1, -0.05) is 6.92 Å². The number of carbonyl (C=O) groups excluding carboxylic acids is 1. The van der Waals surface area contributed by atoms with Crippen molar-refractivity contribution in [2.45, 2.75) is 39.7 Å². The van der Waals surface area contributed by atoms with Crippen LogP contribution in [0.2, 0.25) is 0 Å². The summed E-state index contributed by atoms with van der Waals surface area (Å²) in [5.74, 6) is 1.53. The van der Waals surface area contributed by atoms with Gasteiger partial charge in [0.1, 0.15) is 11.6 Å². The average molecular weight is 237 g/mol. The Labute approximate surface area is 101 Å². The van der Waals surface area contributed by atoms with Crippen molar-refractivity contribution < 1.29 is 9.53 Å². The van der Waals surface area contributed by atoms with E-state index in [9.17, 15) is 4.79 Å². The molecule has 0 bridgehead atoms. The van der Waals surface area contributed by atoms with E-state index in [1.165, 1.54) is 0 Å². The summed E-state index contributed by atoms with van der Waals surface area (Å²) >= 11 is 0. The lowest BCUT2D eigenvalue weighted by atomic mass is 9.81. The second-order valence-corrected chi connectivity index (χ2v) is 4.71. The van der Waals surface area contributed by atoms with Gasteiger partial charge in [0.25, 0.3) is 0 Å². The molecule has 0 atom stereocenters. The van der Waals surface area contributed by atoms with Gasteiger partial charge in [0, 0.05) is 6.04 Å². The van der Waals surface area contributed by atoms with Gasteiger partial charge in [0.15, 0.2) is 5.69 Å². The van der Waals surface area contributed by atoms with Gasteiger partial charge in [-0.05, 0) is 32.6 Å². The molecule has 1 fully saturated rings. The number of rotatable bonds is 3. The molecular formula is C12H19N3O2. The van der Waals surface area contributed by atoms with E-state index in [2.05, 4.69) is 11.9 Å². The number of nitrogens with zero attached hydrogens (tertiary/aromatic N) is 2. The highest BCUT2D eigenvalue weighted by atomic mass is 16.5. The third-order valence-corrected chi connectivity index (χ3v) is 3.31. The average Bonchev–Trinajstić information content (AvgIpc) is 2.51. The van der Waals surface area contributed by atoms with Gasteiger partial charge in [-0.2, -0.15) is 0 Å². The summed E-state index contributed by atoms with van der Waals surface area (Å²) < 4.78 is 6.90. The molecule has 94 valence electrons. The molecular weight excluding hydrogens is 218 g/mol. The SMILES string of the molecule is CCOC(=O)c1nc(C)n(C2CC(C)C2)c1N. The van der Waals surface area contributed by atoms with Crippen molar-refractivity contribution in [1.29, 1.82) is 0 Å². The summed E-state index contributed by atoms with van der Waals surface area (Å²) in [5.41, 5.74) is 6.24. The van der Waals surface area contributed by atoms with Gasteiger partial charge in [0.05, 0.1) is 6.61 Å². The van der Waals surface area contributed by atoms with Gasteiger partial charge in [-0.15, -0.1) is 0 Å². The van der Waals surface area contributed by atoms with E-state index in [0.29, 0.717) is 18.5 Å². The molecule has 5 nitrogen and oxygen atoms in total. The first kappa shape index (κ1) is 12.0. The third kappa shape index (κ3) is 2.01. The zero-order chi connectivity index (χ0) is 12.6. The Bertz CT molecular complexity index is 433. The van der Waals surface area contributed by atoms with Crippen molar-refractivity contribution in [2.24, 2.45) is 5.92 Å². The van der Waals surface area contributed by atoms with Crippen molar-refractivity contribution in [3.8, 4) is 0 Å². The van der Waals surface area contributed by atoms with Crippen LogP contribution in [0.5, 0.6) is 0 Å². The van der Waals surface area contributed by atoms with Crippen LogP contribution in [-0.4, -0.2) is 22.1 Å². The number of nitrogens with two attached hydrogens (primary N) is 1. The number of ether oxygens (including phenoxy) is 1. The summed E-state index contributed by atoms with van der Waals surface area (Å²) in [6.07, 6.45) is 2.20. The van der Waals surface area contributed by atoms with Crippen molar-refractivity contribution in [1.82, 2.24) is 9.55 Å². The van der Waals surface area contributed by atoms with Gasteiger partial charge in [0.2, 0.25) is 0 Å². The van der Waals surface area contributed by atoms with Crippen molar-refractivity contribution in [2.75, 3.05) is 12.3 Å². The largest absolute Gasteiger partial charge is 0.461 e. The van der Waals surface area contributed by atoms with Crippen LogP contribution in [-0.2, 0) is 4.74 Å². The lowest BCUT2D eigenvalue weighted by Crippen LogP contribution is -2.26. The highest BCUT2D eigenvalue weighted by Gasteiger charge is 2.31. The van der Waals surface area contributed by atoms with Gasteiger partial charge < -0.3 is 15.0 Å². The third-order valence-electron chi connectivity index (χ3n) is 3.31. The molecule has 1 heterocycles. The van der Waals surface area contributed by atoms with E-state index in [-0.39, 0.29) is 5.69 Å². The lowest BCUT2D eigenvalue weighted by Gasteiger charge is -2.35. The van der Waals surface area contributed by atoms with E-state index in [0.717, 1.165) is 24.6 Å². The zero-order valence-electron chi connectivity index (χ0n) is 10.6. The molecule has 1 aliphatic rings. The molecule has 1 saturated carbocycles. The first-order valence-electron chi connectivity index (χ1n) is 6.06. The second kappa shape index (κ2) is 4.39. The standard InChI is InChI=1S/C12H19N3O2/c1-4-17-12(16)10-11(13)15(8(3)14-10)9-5-7(2)6-9/h7,9H,4-6,13H2,1-3H3. The Morgan fingerprint density at radius 2 is 2.24 bits per heavy atom. The maximum atomic E-state index is 11.6. The molecule has 0 spiro atoms. The molecule has 5 heteroatoms. The van der Waals surface area contributed by atoms with E-state index < -0.39 is 5.97 Å². The Morgan fingerprint density at radius 1 is 1.59 bits per heavy atom. The molecule has 0 radical (unpaired) electrons. The number of aryl methyl sites for hydroxylation is 1. The molecule has 17 heavy (non-hydrogen) atoms. The molecule has 0 unspecified atom stereocenters. The summed E-state index contributed by atoms with van der Waals surface area (Å²) in [5, 5.41) is 0. The van der Waals surface area contributed by atoms with Crippen LogP contribution in [0.4, 0.5) is 5.82 Å². The van der Waals surface area contributed by atoms with Crippen LogP contribution in [0.1, 0.15) is 49.0 Å². The number of imidazole rings is 1. The van der Waals surface area contributed by atoms with E-state index in [4.69, 9.17) is 10.5 Å². The topological polar surface area (TPSA) is 70.1 Å². The smallest absolute Gasteiger partial charge is 0.360 e. The van der Waals surface area contributed by atoms with Crippen LogP contribution in [0, 0.1) is 12.8 Å². The molecule has 0 aliphatic heterocycles. The fourth-order valence-electron chi connectivity index (χ4n) is 2.44. The van der Waals surface area contributed by atoms with Crippen LogP contribution < -0.4 is 5.73 Å². The monoisotopic (exact) mass is 237 g/mol. The molecule has 0 aromatic carbocycles. The maximum Gasteiger partial charge on any atom is 0.360 e. The minimum Gasteiger partial charge on any atom is -0.461 e. The van der Waals surface area contributed by atoms with E-state index in [1.54, 1.807) is 6.92 Å². The van der Waals surface area contributed by atoms with Crippen molar-refractivity contribution in [3.05, 3.63) is 11.5 Å². The lowest BCUT2D eigenvalue weighted by molar-refractivity contribution is 0.0521. The van der Waals surface area contributed by atoms with Crippen LogP contribution >= 0.6 is 0 Å². The second-order valence-electron chi connectivity index (χ2n) is 4.71. The van der Waals surface area contributed by atoms with Crippen molar-refractivity contribution >= 4 is 11.8 Å². The van der Waals surface area contributed by atoms with Crippen LogP contribution in [0.15, 0.2) is 0 Å². The number of nitrogen functional groups attached to an aromatic ring is 1. The summed E-state index contributed by atoms with van der Waals surface area (Å²) in [6, 6.07) is 0.390. The summed E-state index contributed by atoms with van der Waals surface area (Å²) in [4.78, 5) is 15.9. The predicted octanol–water partition coefficient (Wildman–Crippen LogP) is 1.92. The van der Waals surface area contributed by atoms with Crippen molar-refractivity contribution in [3.63, 3.8) is 0 Å². The predicted molar refractivity (Wildman–Crippen MR) is 64.8 cm³/mol. The Balaban J connectivity index is 2.26. The summed E-state index contributed by atoms with van der Waals surface area (Å²) in [6.45, 7) is 6.20. The van der Waals surface area contributed by atoms with Gasteiger partial charge >= 0.3 is 5.97 Å². The molecule has 1 aromatic rings. The molecule has 0 amide bonds. The minimum atomic E-state index is -0.431. The zero-order valence-corrected chi connectivity index (χ0v) is 10.6. The molecule has 0 saturated heterocycles. The highest BCUT2D eigenvalue weighted by Crippen LogP contribution is 2.40. The van der Waals surface area contributed by atoms with Gasteiger partial charge in [-0.25, -0.2) is 9.78 Å². The van der Waals surface area contributed by atoms with Gasteiger partial charge in [-0.3, -0.25) is 0 Å². The number of hydrogen-bond donors (Lipinski definition) is 1. The Hall–Kier alpha value is -1.52. The Kier molecular flexibility index (Phi) is 3.09. The fourth-order valence-corrected chi connectivity index (χ4v) is 2.44.